The Morgan fingerprint density at radius 1 is 0.762 bits per heavy atom. The van der Waals surface area contributed by atoms with Gasteiger partial charge in [0.05, 0.1) is 44.2 Å². The number of fused-ring (bicyclic) bond motifs is 1. The summed E-state index contributed by atoms with van der Waals surface area (Å²) in [5.74, 6) is -8.36. The molecule has 0 bridgehead atoms. The Morgan fingerprint density at radius 2 is 1.29 bits per heavy atom. The zero-order valence-electron chi connectivity index (χ0n) is 22.0. The summed E-state index contributed by atoms with van der Waals surface area (Å²) in [4.78, 5) is 24.4. The normalized spacial score (nSPS) is 50.2. The molecule has 2 unspecified atom stereocenters. The number of carbonyl (C=O) groups is 2. The summed E-state index contributed by atoms with van der Waals surface area (Å²) in [6, 6.07) is -4.63. The Balaban J connectivity index is 1.54. The number of rotatable bonds is 7. The van der Waals surface area contributed by atoms with Crippen LogP contribution in [0.5, 0.6) is 0 Å². The largest absolute Gasteiger partial charge is 0.423 e. The van der Waals surface area contributed by atoms with Crippen molar-refractivity contribution >= 4 is 11.9 Å². The van der Waals surface area contributed by atoms with Crippen LogP contribution in [0.2, 0.25) is 0 Å². The molecular formula is C22H37N3O17. The van der Waals surface area contributed by atoms with Crippen molar-refractivity contribution in [2.45, 2.75) is 104 Å². The first-order valence-electron chi connectivity index (χ1n) is 13.0. The number of hydrogen-bond acceptors (Lipinski definition) is 20. The molecule has 0 radical (unpaired) electrons. The summed E-state index contributed by atoms with van der Waals surface area (Å²) in [5, 5.41) is 82.9. The van der Waals surface area contributed by atoms with E-state index in [-0.39, 0.29) is 0 Å². The minimum absolute atomic E-state index is 0.520. The van der Waals surface area contributed by atoms with Gasteiger partial charge in [0.25, 0.3) is 0 Å². The van der Waals surface area contributed by atoms with Gasteiger partial charge < -0.3 is 91.2 Å². The second kappa shape index (κ2) is 12.7. The van der Waals surface area contributed by atoms with E-state index >= 15 is 0 Å². The third-order valence-electron chi connectivity index (χ3n) is 7.63. The number of nitrogens with two attached hydrogens (primary N) is 3. The fourth-order valence-corrected chi connectivity index (χ4v) is 5.14. The lowest BCUT2D eigenvalue weighted by Gasteiger charge is -2.54. The van der Waals surface area contributed by atoms with Crippen LogP contribution in [-0.4, -0.2) is 164 Å². The predicted octanol–water partition coefficient (Wildman–Crippen LogP) is -8.14. The van der Waals surface area contributed by atoms with Gasteiger partial charge in [-0.1, -0.05) is 0 Å². The predicted molar refractivity (Wildman–Crippen MR) is 126 cm³/mol. The quantitative estimate of drug-likeness (QED) is 0.118. The van der Waals surface area contributed by atoms with Crippen LogP contribution in [0, 0.1) is 0 Å². The molecule has 0 aliphatic carbocycles. The van der Waals surface area contributed by atoms with E-state index in [2.05, 4.69) is 0 Å². The van der Waals surface area contributed by atoms with E-state index in [1.54, 1.807) is 0 Å². The Bertz CT molecular complexity index is 976. The molecule has 14 N–H and O–H groups in total. The number of hydrogen-bond donors (Lipinski definition) is 11. The molecule has 0 saturated carbocycles. The minimum atomic E-state index is -3.18. The van der Waals surface area contributed by atoms with Crippen LogP contribution in [0.3, 0.4) is 0 Å². The van der Waals surface area contributed by atoms with E-state index in [4.69, 9.17) is 50.4 Å². The third kappa shape index (κ3) is 5.75. The summed E-state index contributed by atoms with van der Waals surface area (Å²) in [6.45, 7) is -2.93. The lowest BCUT2D eigenvalue weighted by atomic mass is 9.89. The van der Waals surface area contributed by atoms with E-state index in [0.717, 1.165) is 0 Å². The minimum Gasteiger partial charge on any atom is -0.423 e. The molecule has 15 atom stereocenters. The first kappa shape index (κ1) is 33.2. The van der Waals surface area contributed by atoms with E-state index in [1.807, 2.05) is 0 Å². The highest BCUT2D eigenvalue weighted by atomic mass is 16.8. The lowest BCUT2D eigenvalue weighted by molar-refractivity contribution is -0.468. The van der Waals surface area contributed by atoms with Gasteiger partial charge in [-0.25, -0.2) is 0 Å². The zero-order chi connectivity index (χ0) is 31.1. The van der Waals surface area contributed by atoms with E-state index in [0.29, 0.717) is 0 Å². The smallest absolute Gasteiger partial charge is 0.309 e. The second-order valence-corrected chi connectivity index (χ2v) is 10.4. The Morgan fingerprint density at radius 3 is 1.86 bits per heavy atom. The molecule has 4 heterocycles. The van der Waals surface area contributed by atoms with Gasteiger partial charge in [0, 0.05) is 0 Å². The van der Waals surface area contributed by atoms with Crippen LogP contribution >= 0.6 is 0 Å². The molecule has 0 amide bonds. The SMILES string of the molecule is N[C@H]1[C@@H](OC2[C@@H](CO)O[C@@H](OC3[C@@H](CO)O[C@@H](O)[C@H](N)[C@H]3O)[C@H](N)[C@H]2O)O[C@]2(CO)OC(=O)CCC(=O)O[C@@]2(O)[C@@H]1O. The third-order valence-corrected chi connectivity index (χ3v) is 7.63. The maximum absolute atomic E-state index is 12.3. The summed E-state index contributed by atoms with van der Waals surface area (Å²) in [7, 11) is 0. The van der Waals surface area contributed by atoms with Gasteiger partial charge >= 0.3 is 23.5 Å². The maximum Gasteiger partial charge on any atom is 0.309 e. The van der Waals surface area contributed by atoms with Crippen molar-refractivity contribution in [2.75, 3.05) is 19.8 Å². The Hall–Kier alpha value is -1.70. The van der Waals surface area contributed by atoms with Crippen LogP contribution in [-0.2, 0) is 42.7 Å². The first-order valence-corrected chi connectivity index (χ1v) is 13.0. The summed E-state index contributed by atoms with van der Waals surface area (Å²) in [5.41, 5.74) is 17.8. The van der Waals surface area contributed by atoms with Crippen molar-refractivity contribution in [3.05, 3.63) is 0 Å². The highest BCUT2D eigenvalue weighted by Gasteiger charge is 2.70. The number of aliphatic hydroxyl groups is 8. The molecule has 4 saturated heterocycles. The summed E-state index contributed by atoms with van der Waals surface area (Å²) in [6.07, 6.45) is -17.6. The maximum atomic E-state index is 12.3. The molecule has 4 rings (SSSR count). The van der Waals surface area contributed by atoms with Crippen molar-refractivity contribution in [3.8, 4) is 0 Å². The van der Waals surface area contributed by atoms with Gasteiger partial charge in [-0.05, 0) is 0 Å². The van der Waals surface area contributed by atoms with Crippen LogP contribution in [0.15, 0.2) is 0 Å². The van der Waals surface area contributed by atoms with Crippen molar-refractivity contribution in [2.24, 2.45) is 17.2 Å². The molecule has 0 aromatic heterocycles. The van der Waals surface area contributed by atoms with Gasteiger partial charge in [0.15, 0.2) is 18.9 Å². The molecule has 42 heavy (non-hydrogen) atoms. The van der Waals surface area contributed by atoms with Crippen LogP contribution in [0.1, 0.15) is 12.8 Å². The van der Waals surface area contributed by atoms with Gasteiger partial charge in [-0.15, -0.1) is 0 Å². The average Bonchev–Trinajstić information content (AvgIpc) is 2.96. The van der Waals surface area contributed by atoms with Gasteiger partial charge in [-0.2, -0.15) is 0 Å². The molecule has 4 aliphatic rings. The van der Waals surface area contributed by atoms with Crippen molar-refractivity contribution < 1.29 is 83.6 Å². The Labute approximate surface area is 237 Å². The number of ether oxygens (including phenoxy) is 7. The van der Waals surface area contributed by atoms with E-state index in [1.165, 1.54) is 0 Å². The number of carbonyl (C=O) groups excluding carboxylic acids is 2. The van der Waals surface area contributed by atoms with Gasteiger partial charge in [0.2, 0.25) is 0 Å². The topological polar surface area (TPSA) is 339 Å². The van der Waals surface area contributed by atoms with Crippen molar-refractivity contribution in [1.82, 2.24) is 0 Å². The Kier molecular flexibility index (Phi) is 10.1. The number of aliphatic hydroxyl groups excluding tert-OH is 7. The monoisotopic (exact) mass is 615 g/mol. The zero-order valence-corrected chi connectivity index (χ0v) is 22.0. The fraction of sp³-hybridized carbons (Fsp3) is 0.909. The van der Waals surface area contributed by atoms with Crippen molar-refractivity contribution in [3.63, 3.8) is 0 Å². The molecule has 0 aromatic carbocycles. The summed E-state index contributed by atoms with van der Waals surface area (Å²) >= 11 is 0. The van der Waals surface area contributed by atoms with Crippen LogP contribution in [0.25, 0.3) is 0 Å². The number of esters is 2. The summed E-state index contributed by atoms with van der Waals surface area (Å²) < 4.78 is 37.6. The second-order valence-electron chi connectivity index (χ2n) is 10.4. The van der Waals surface area contributed by atoms with E-state index in [9.17, 15) is 50.4 Å². The van der Waals surface area contributed by atoms with Crippen LogP contribution < -0.4 is 17.2 Å². The first-order chi connectivity index (χ1) is 19.7. The average molecular weight is 616 g/mol. The lowest BCUT2D eigenvalue weighted by Crippen LogP contribution is -2.79. The fourth-order valence-electron chi connectivity index (χ4n) is 5.14. The van der Waals surface area contributed by atoms with Gasteiger partial charge in [-0.3, -0.25) is 9.59 Å². The molecular weight excluding hydrogens is 578 g/mol. The molecule has 4 aliphatic heterocycles. The van der Waals surface area contributed by atoms with Crippen LogP contribution in [0.4, 0.5) is 0 Å². The molecule has 0 spiro atoms. The molecule has 0 aromatic rings. The highest BCUT2D eigenvalue weighted by molar-refractivity contribution is 5.79. The molecule has 20 nitrogen and oxygen atoms in total. The van der Waals surface area contributed by atoms with E-state index < -0.39 is 136 Å². The van der Waals surface area contributed by atoms with Gasteiger partial charge in [0.1, 0.15) is 49.3 Å². The molecule has 242 valence electrons. The highest BCUT2D eigenvalue weighted by Crippen LogP contribution is 2.42. The molecule has 20 heteroatoms. The van der Waals surface area contributed by atoms with Crippen molar-refractivity contribution in [1.29, 1.82) is 0 Å². The standard InChI is InChI=1S/C22H37N3O17/c23-10-13(31)15(6(3-26)36-18(10)34)38-19-11(24)14(32)16(7(4-27)37-19)39-20-12(25)17(33)22(35)21(5-28,42-20)40-8(29)1-2-9(30)41-22/h6-7,10-20,26-28,31-35H,1-5,23-25H2/t6-,7-,10-,11-,12-,13-,14-,15?,16?,17-,18-,19+,20+,21+,22+/m1/s1. The molecule has 4 fully saturated rings.